The summed E-state index contributed by atoms with van der Waals surface area (Å²) in [5, 5.41) is 0. The van der Waals surface area contributed by atoms with E-state index in [0.29, 0.717) is 5.56 Å². The van der Waals surface area contributed by atoms with Crippen LogP contribution < -0.4 is 0 Å². The molecule has 0 amide bonds. The molecule has 0 atom stereocenters. The molecule has 0 spiro atoms. The van der Waals surface area contributed by atoms with Gasteiger partial charge < -0.3 is 0 Å². The summed E-state index contributed by atoms with van der Waals surface area (Å²) in [4.78, 5) is 0. The molecular weight excluding hydrogens is 331 g/mol. The molecule has 0 N–H and O–H groups in total. The largest absolute Gasteiger partial charge is 0.206 e. The van der Waals surface area contributed by atoms with Crippen LogP contribution in [0.2, 0.25) is 0 Å². The highest BCUT2D eigenvalue weighted by molar-refractivity contribution is 5.71. The third-order valence-electron chi connectivity index (χ3n) is 5.25. The predicted octanol–water partition coefficient (Wildman–Crippen LogP) is 7.76. The van der Waals surface area contributed by atoms with Crippen molar-refractivity contribution in [2.24, 2.45) is 0 Å². The van der Waals surface area contributed by atoms with Gasteiger partial charge in [-0.2, -0.15) is 0 Å². The van der Waals surface area contributed by atoms with Crippen LogP contribution in [-0.4, -0.2) is 0 Å². The Kier molecular flexibility index (Phi) is 6.45. The van der Waals surface area contributed by atoms with E-state index in [1.165, 1.54) is 29.5 Å². The minimum absolute atomic E-state index is 0.161. The van der Waals surface area contributed by atoms with Crippen molar-refractivity contribution in [1.29, 1.82) is 0 Å². The van der Waals surface area contributed by atoms with Crippen molar-refractivity contribution in [3.63, 3.8) is 0 Å². The van der Waals surface area contributed by atoms with Crippen LogP contribution in [0.15, 0.2) is 60.7 Å². The fourth-order valence-corrected chi connectivity index (χ4v) is 3.59. The highest BCUT2D eigenvalue weighted by Gasteiger charge is 2.09. The molecule has 0 bridgehead atoms. The van der Waals surface area contributed by atoms with Crippen LogP contribution in [0.1, 0.15) is 49.8 Å². The Hall–Kier alpha value is -2.41. The number of benzene rings is 3. The Morgan fingerprint density at radius 3 is 2.04 bits per heavy atom. The van der Waals surface area contributed by atoms with E-state index in [1.807, 2.05) is 12.1 Å². The van der Waals surface area contributed by atoms with Gasteiger partial charge in [0, 0.05) is 5.56 Å². The van der Waals surface area contributed by atoms with Crippen LogP contribution in [0, 0.1) is 12.7 Å². The first kappa shape index (κ1) is 19.4. The SMILES string of the molecule is CCCCc1ccc(-c2ccc(-c3ccc(CCC)cc3)cc2F)cc1C. The normalized spacial score (nSPS) is 11.0. The highest BCUT2D eigenvalue weighted by atomic mass is 19.1. The lowest BCUT2D eigenvalue weighted by Gasteiger charge is -2.11. The second-order valence-corrected chi connectivity index (χ2v) is 7.39. The van der Waals surface area contributed by atoms with Crippen molar-refractivity contribution in [1.82, 2.24) is 0 Å². The fraction of sp³-hybridized carbons (Fsp3) is 0.308. The lowest BCUT2D eigenvalue weighted by Crippen LogP contribution is -1.92. The molecule has 0 saturated heterocycles. The number of hydrogen-bond acceptors (Lipinski definition) is 0. The summed E-state index contributed by atoms with van der Waals surface area (Å²) >= 11 is 0. The zero-order chi connectivity index (χ0) is 19.2. The molecule has 140 valence electrons. The van der Waals surface area contributed by atoms with E-state index in [1.54, 1.807) is 6.07 Å². The second kappa shape index (κ2) is 8.99. The standard InChI is InChI=1S/C26H29F/c1-4-6-8-21-13-14-24(17-19(21)3)25-16-15-23(18-26(25)27)22-11-9-20(7-5-2)10-12-22/h9-18H,4-8H2,1-3H3. The zero-order valence-corrected chi connectivity index (χ0v) is 16.7. The van der Waals surface area contributed by atoms with Gasteiger partial charge in [-0.05, 0) is 65.6 Å². The van der Waals surface area contributed by atoms with Crippen LogP contribution in [0.25, 0.3) is 22.3 Å². The van der Waals surface area contributed by atoms with Gasteiger partial charge in [0.1, 0.15) is 5.82 Å². The molecule has 3 rings (SSSR count). The molecule has 1 heteroatoms. The molecule has 0 radical (unpaired) electrons. The van der Waals surface area contributed by atoms with Crippen molar-refractivity contribution in [2.45, 2.75) is 52.9 Å². The van der Waals surface area contributed by atoms with Gasteiger partial charge in [0.2, 0.25) is 0 Å². The summed E-state index contributed by atoms with van der Waals surface area (Å²) in [6, 6.07) is 20.4. The monoisotopic (exact) mass is 360 g/mol. The third kappa shape index (κ3) is 4.66. The quantitative estimate of drug-likeness (QED) is 0.404. The van der Waals surface area contributed by atoms with Gasteiger partial charge in [-0.25, -0.2) is 4.39 Å². The molecule has 0 heterocycles. The molecule has 0 aliphatic heterocycles. The first-order chi connectivity index (χ1) is 13.1. The van der Waals surface area contributed by atoms with E-state index < -0.39 is 0 Å². The maximum atomic E-state index is 14.9. The number of aryl methyl sites for hydroxylation is 3. The summed E-state index contributed by atoms with van der Waals surface area (Å²) in [5.74, 6) is -0.161. The van der Waals surface area contributed by atoms with Gasteiger partial charge in [0.15, 0.2) is 0 Å². The van der Waals surface area contributed by atoms with Crippen LogP contribution in [0.5, 0.6) is 0 Å². The van der Waals surface area contributed by atoms with Gasteiger partial charge in [-0.3, -0.25) is 0 Å². The Morgan fingerprint density at radius 2 is 1.41 bits per heavy atom. The van der Waals surface area contributed by atoms with Crippen molar-refractivity contribution >= 4 is 0 Å². The third-order valence-corrected chi connectivity index (χ3v) is 5.25. The van der Waals surface area contributed by atoms with Gasteiger partial charge in [0.25, 0.3) is 0 Å². The van der Waals surface area contributed by atoms with Crippen LogP contribution in [-0.2, 0) is 12.8 Å². The van der Waals surface area contributed by atoms with Crippen LogP contribution in [0.3, 0.4) is 0 Å². The van der Waals surface area contributed by atoms with E-state index >= 15 is 0 Å². The first-order valence-electron chi connectivity index (χ1n) is 10.1. The molecule has 0 fully saturated rings. The van der Waals surface area contributed by atoms with E-state index in [-0.39, 0.29) is 5.82 Å². The summed E-state index contributed by atoms with van der Waals surface area (Å²) in [6.07, 6.45) is 5.70. The average Bonchev–Trinajstić information content (AvgIpc) is 2.68. The Labute approximate surface area is 163 Å². The summed E-state index contributed by atoms with van der Waals surface area (Å²) in [5.41, 5.74) is 7.56. The molecule has 0 aliphatic carbocycles. The number of halogens is 1. The molecule has 3 aromatic rings. The molecule has 0 unspecified atom stereocenters. The van der Waals surface area contributed by atoms with Crippen molar-refractivity contribution < 1.29 is 4.39 Å². The Bertz CT molecular complexity index is 891. The lowest BCUT2D eigenvalue weighted by atomic mass is 9.95. The minimum Gasteiger partial charge on any atom is -0.206 e. The predicted molar refractivity (Wildman–Crippen MR) is 115 cm³/mol. The number of rotatable bonds is 7. The van der Waals surface area contributed by atoms with Gasteiger partial charge in [-0.1, -0.05) is 81.3 Å². The molecule has 0 aliphatic rings. The van der Waals surface area contributed by atoms with E-state index in [9.17, 15) is 4.39 Å². The maximum absolute atomic E-state index is 14.9. The Morgan fingerprint density at radius 1 is 0.704 bits per heavy atom. The van der Waals surface area contributed by atoms with Crippen molar-refractivity contribution in [3.8, 4) is 22.3 Å². The maximum Gasteiger partial charge on any atom is 0.131 e. The fourth-order valence-electron chi connectivity index (χ4n) is 3.59. The van der Waals surface area contributed by atoms with Crippen molar-refractivity contribution in [2.75, 3.05) is 0 Å². The molecule has 3 aromatic carbocycles. The Balaban J connectivity index is 1.85. The number of unbranched alkanes of at least 4 members (excludes halogenated alkanes) is 1. The second-order valence-electron chi connectivity index (χ2n) is 7.39. The minimum atomic E-state index is -0.161. The van der Waals surface area contributed by atoms with E-state index in [2.05, 4.69) is 63.2 Å². The van der Waals surface area contributed by atoms with E-state index in [4.69, 9.17) is 0 Å². The van der Waals surface area contributed by atoms with Crippen LogP contribution in [0.4, 0.5) is 4.39 Å². The van der Waals surface area contributed by atoms with Crippen LogP contribution >= 0.6 is 0 Å². The molecule has 0 saturated carbocycles. The smallest absolute Gasteiger partial charge is 0.131 e. The lowest BCUT2D eigenvalue weighted by molar-refractivity contribution is 0.632. The van der Waals surface area contributed by atoms with Gasteiger partial charge in [0.05, 0.1) is 0 Å². The van der Waals surface area contributed by atoms with E-state index in [0.717, 1.165) is 36.0 Å². The number of hydrogen-bond donors (Lipinski definition) is 0. The molecule has 0 aromatic heterocycles. The zero-order valence-electron chi connectivity index (χ0n) is 16.7. The molecule has 27 heavy (non-hydrogen) atoms. The topological polar surface area (TPSA) is 0 Å². The first-order valence-corrected chi connectivity index (χ1v) is 10.1. The highest BCUT2D eigenvalue weighted by Crippen LogP contribution is 2.29. The molecule has 0 nitrogen and oxygen atoms in total. The van der Waals surface area contributed by atoms with Gasteiger partial charge >= 0.3 is 0 Å². The molecular formula is C26H29F. The summed E-state index contributed by atoms with van der Waals surface area (Å²) in [6.45, 7) is 6.51. The summed E-state index contributed by atoms with van der Waals surface area (Å²) in [7, 11) is 0. The van der Waals surface area contributed by atoms with Gasteiger partial charge in [-0.15, -0.1) is 0 Å². The van der Waals surface area contributed by atoms with Crippen molar-refractivity contribution in [3.05, 3.63) is 83.2 Å². The average molecular weight is 361 g/mol. The summed E-state index contributed by atoms with van der Waals surface area (Å²) < 4.78 is 14.9.